The molecule has 0 spiro atoms. The van der Waals surface area contributed by atoms with Crippen LogP contribution < -0.4 is 21.3 Å². The molecule has 0 saturated heterocycles. The van der Waals surface area contributed by atoms with Crippen LogP contribution in [0.2, 0.25) is 0 Å². The fraction of sp³-hybridized carbons (Fsp3) is 0.878. The minimum atomic E-state index is -0.800. The highest BCUT2D eigenvalue weighted by molar-refractivity contribution is 5.87. The van der Waals surface area contributed by atoms with Crippen LogP contribution in [-0.4, -0.2) is 166 Å². The van der Waals surface area contributed by atoms with Gasteiger partial charge in [0.05, 0.1) is 85.7 Å². The zero-order valence-corrected chi connectivity index (χ0v) is 38.2. The summed E-state index contributed by atoms with van der Waals surface area (Å²) >= 11 is 0. The average molecular weight is 915 g/mol. The van der Waals surface area contributed by atoms with E-state index in [0.717, 1.165) is 12.8 Å². The molecule has 0 aromatic heterocycles. The lowest BCUT2D eigenvalue weighted by molar-refractivity contribution is -0.156. The standard InChI is InChI=1S/C41H74N10O13/c1-41(2,3)64-39(55)12-21-57-18-9-33-31-34(33)32-63-30-29-60-22-15-46-40(56)35(7-4-5-13-44-36(52)10-19-58-25-27-61-23-16-47-50-42)49-38(54)8-6-14-45-37(53)11-20-59-26-28-62-24-17-48-51-43/h33-35H,4-32H2,1-3H3,(H,44,52)(H,45,53)(H,46,56)(H,49,54)/t33?,34?,35-/m0/s1. The van der Waals surface area contributed by atoms with Gasteiger partial charge in [0.15, 0.2) is 0 Å². The van der Waals surface area contributed by atoms with Gasteiger partial charge in [-0.2, -0.15) is 0 Å². The number of rotatable bonds is 43. The molecule has 1 aliphatic rings. The maximum absolute atomic E-state index is 13.2. The monoisotopic (exact) mass is 915 g/mol. The first-order valence-corrected chi connectivity index (χ1v) is 22.3. The Morgan fingerprint density at radius 1 is 0.578 bits per heavy atom. The number of hydrogen-bond acceptors (Lipinski definition) is 15. The van der Waals surface area contributed by atoms with Gasteiger partial charge in [-0.05, 0) is 82.2 Å². The summed E-state index contributed by atoms with van der Waals surface area (Å²) in [5, 5.41) is 18.0. The lowest BCUT2D eigenvalue weighted by atomic mass is 10.1. The van der Waals surface area contributed by atoms with Gasteiger partial charge in [-0.1, -0.05) is 10.2 Å². The summed E-state index contributed by atoms with van der Waals surface area (Å²) in [6.07, 6.45) is 4.53. The molecule has 0 bridgehead atoms. The Balaban J connectivity index is 2.31. The second kappa shape index (κ2) is 39.1. The van der Waals surface area contributed by atoms with Crippen LogP contribution in [0.4, 0.5) is 0 Å². The van der Waals surface area contributed by atoms with Crippen molar-refractivity contribution in [2.45, 2.75) is 96.6 Å². The fourth-order valence-electron chi connectivity index (χ4n) is 5.74. The number of carbonyl (C=O) groups is 5. The second-order valence-corrected chi connectivity index (χ2v) is 15.7. The largest absolute Gasteiger partial charge is 0.460 e. The SMILES string of the molecule is CC(C)(C)OC(=O)CCOCCC1CC1COCCOCCNC(=O)[C@H](CCCCNC(=O)CCOCCOCCN=[N+]=[N-])NC(=O)CCCNC(=O)CCOCCOCCN=[N+]=[N-]. The van der Waals surface area contributed by atoms with E-state index < -0.39 is 11.6 Å². The maximum atomic E-state index is 13.2. The highest BCUT2D eigenvalue weighted by atomic mass is 16.6. The van der Waals surface area contributed by atoms with Gasteiger partial charge in [-0.3, -0.25) is 24.0 Å². The lowest BCUT2D eigenvalue weighted by Gasteiger charge is -2.19. The quantitative estimate of drug-likeness (QED) is 0.0225. The number of nitrogens with zero attached hydrogens (tertiary/aromatic N) is 6. The molecular weight excluding hydrogens is 841 g/mol. The molecule has 23 nitrogen and oxygen atoms in total. The summed E-state index contributed by atoms with van der Waals surface area (Å²) in [4.78, 5) is 67.4. The van der Waals surface area contributed by atoms with Crippen molar-refractivity contribution in [3.63, 3.8) is 0 Å². The molecule has 23 heteroatoms. The van der Waals surface area contributed by atoms with Gasteiger partial charge in [-0.25, -0.2) is 0 Å². The molecule has 4 amide bonds. The van der Waals surface area contributed by atoms with Crippen molar-refractivity contribution in [1.82, 2.24) is 21.3 Å². The number of carbonyl (C=O) groups excluding carboxylic acids is 5. The van der Waals surface area contributed by atoms with E-state index in [1.807, 2.05) is 20.8 Å². The van der Waals surface area contributed by atoms with Crippen LogP contribution in [0.5, 0.6) is 0 Å². The Morgan fingerprint density at radius 3 is 1.70 bits per heavy atom. The van der Waals surface area contributed by atoms with Gasteiger partial charge in [0, 0.05) is 75.0 Å². The van der Waals surface area contributed by atoms with Crippen molar-refractivity contribution in [3.05, 3.63) is 20.9 Å². The van der Waals surface area contributed by atoms with Crippen LogP contribution in [0.25, 0.3) is 20.9 Å². The Morgan fingerprint density at radius 2 is 1.11 bits per heavy atom. The van der Waals surface area contributed by atoms with Gasteiger partial charge in [0.1, 0.15) is 11.6 Å². The summed E-state index contributed by atoms with van der Waals surface area (Å²) in [6.45, 7) is 11.8. The predicted molar refractivity (Wildman–Crippen MR) is 234 cm³/mol. The van der Waals surface area contributed by atoms with E-state index in [1.54, 1.807) is 0 Å². The van der Waals surface area contributed by atoms with Crippen LogP contribution in [0.3, 0.4) is 0 Å². The first-order chi connectivity index (χ1) is 30.9. The predicted octanol–water partition coefficient (Wildman–Crippen LogP) is 3.05. The number of azide groups is 2. The minimum absolute atomic E-state index is 0.0993. The average Bonchev–Trinajstić information content (AvgIpc) is 4.01. The zero-order valence-electron chi connectivity index (χ0n) is 38.2. The topological polar surface area (TPSA) is 305 Å². The Labute approximate surface area is 377 Å². The number of hydrogen-bond donors (Lipinski definition) is 4. The minimum Gasteiger partial charge on any atom is -0.460 e. The van der Waals surface area contributed by atoms with Crippen molar-refractivity contribution in [2.75, 3.05) is 125 Å². The molecule has 2 unspecified atom stereocenters. The molecule has 0 aliphatic heterocycles. The Bertz CT molecular complexity index is 1390. The normalized spacial score (nSPS) is 14.7. The van der Waals surface area contributed by atoms with Gasteiger partial charge < -0.3 is 59.2 Å². The molecule has 64 heavy (non-hydrogen) atoms. The van der Waals surface area contributed by atoms with Crippen LogP contribution in [0, 0.1) is 11.8 Å². The molecule has 0 heterocycles. The Hall–Kier alpha value is -4.31. The van der Waals surface area contributed by atoms with Crippen molar-refractivity contribution < 1.29 is 61.9 Å². The van der Waals surface area contributed by atoms with Crippen LogP contribution in [0.1, 0.15) is 85.0 Å². The van der Waals surface area contributed by atoms with E-state index in [1.165, 1.54) is 0 Å². The Kier molecular flexibility index (Phi) is 35.2. The molecule has 1 saturated carbocycles. The molecule has 1 fully saturated rings. The summed E-state index contributed by atoms with van der Waals surface area (Å²) < 4.78 is 43.5. The number of unbranched alkanes of at least 4 members (excludes halogenated alkanes) is 1. The second-order valence-electron chi connectivity index (χ2n) is 15.7. The van der Waals surface area contributed by atoms with E-state index >= 15 is 0 Å². The summed E-state index contributed by atoms with van der Waals surface area (Å²) in [7, 11) is 0. The summed E-state index contributed by atoms with van der Waals surface area (Å²) in [6, 6.07) is -0.800. The molecule has 1 aliphatic carbocycles. The fourth-order valence-corrected chi connectivity index (χ4v) is 5.74. The van der Waals surface area contributed by atoms with Gasteiger partial charge in [0.2, 0.25) is 23.6 Å². The maximum Gasteiger partial charge on any atom is 0.308 e. The molecule has 366 valence electrons. The van der Waals surface area contributed by atoms with Crippen molar-refractivity contribution in [2.24, 2.45) is 22.1 Å². The third-order valence-electron chi connectivity index (χ3n) is 9.11. The van der Waals surface area contributed by atoms with Crippen molar-refractivity contribution >= 4 is 29.6 Å². The summed E-state index contributed by atoms with van der Waals surface area (Å²) in [5.41, 5.74) is 16.0. The molecule has 3 atom stereocenters. The van der Waals surface area contributed by atoms with E-state index in [2.05, 4.69) is 41.3 Å². The van der Waals surface area contributed by atoms with E-state index in [9.17, 15) is 24.0 Å². The van der Waals surface area contributed by atoms with Gasteiger partial charge in [-0.15, -0.1) is 0 Å². The van der Waals surface area contributed by atoms with Crippen LogP contribution in [0.15, 0.2) is 10.2 Å². The molecule has 1 rings (SSSR count). The van der Waals surface area contributed by atoms with E-state index in [0.29, 0.717) is 117 Å². The highest BCUT2D eigenvalue weighted by Crippen LogP contribution is 2.41. The van der Waals surface area contributed by atoms with E-state index in [-0.39, 0.29) is 101 Å². The number of amides is 4. The number of esters is 1. The molecular formula is C41H74N10O13. The van der Waals surface area contributed by atoms with Crippen LogP contribution in [-0.2, 0) is 61.9 Å². The third-order valence-corrected chi connectivity index (χ3v) is 9.11. The van der Waals surface area contributed by atoms with Gasteiger partial charge >= 0.3 is 5.97 Å². The first kappa shape index (κ1) is 57.7. The lowest BCUT2D eigenvalue weighted by Crippen LogP contribution is -2.47. The highest BCUT2D eigenvalue weighted by Gasteiger charge is 2.36. The smallest absolute Gasteiger partial charge is 0.308 e. The molecule has 4 N–H and O–H groups in total. The van der Waals surface area contributed by atoms with Crippen LogP contribution >= 0.6 is 0 Å². The molecule has 0 radical (unpaired) electrons. The third kappa shape index (κ3) is 37.1. The number of nitrogens with one attached hydrogen (secondary N) is 4. The summed E-state index contributed by atoms with van der Waals surface area (Å²) in [5.74, 6) is -0.290. The first-order valence-electron chi connectivity index (χ1n) is 22.3. The van der Waals surface area contributed by atoms with Gasteiger partial charge in [0.25, 0.3) is 0 Å². The molecule has 0 aromatic carbocycles. The van der Waals surface area contributed by atoms with E-state index in [4.69, 9.17) is 49.0 Å². The van der Waals surface area contributed by atoms with Crippen molar-refractivity contribution in [3.8, 4) is 0 Å². The number of ether oxygens (including phenoxy) is 8. The molecule has 0 aromatic rings. The van der Waals surface area contributed by atoms with Crippen molar-refractivity contribution in [1.29, 1.82) is 0 Å². The zero-order chi connectivity index (χ0) is 46.9.